The van der Waals surface area contributed by atoms with Crippen molar-refractivity contribution in [3.63, 3.8) is 0 Å². The van der Waals surface area contributed by atoms with Crippen LogP contribution in [-0.4, -0.2) is 29.0 Å². The summed E-state index contributed by atoms with van der Waals surface area (Å²) in [5, 5.41) is 0. The first-order valence-corrected chi connectivity index (χ1v) is 5.90. The van der Waals surface area contributed by atoms with Crippen LogP contribution < -0.4 is 10.6 Å². The number of aromatic nitrogens is 2. The normalized spacial score (nSPS) is 20.6. The maximum Gasteiger partial charge on any atom is 0.232 e. The van der Waals surface area contributed by atoms with Gasteiger partial charge in [-0.25, -0.2) is 9.97 Å². The number of amides is 1. The summed E-state index contributed by atoms with van der Waals surface area (Å²) in [4.78, 5) is 21.8. The molecule has 0 bridgehead atoms. The Morgan fingerprint density at radius 2 is 2.44 bits per heavy atom. The third-order valence-corrected chi connectivity index (χ3v) is 3.47. The molecule has 2 rings (SSSR count). The predicted octanol–water partition coefficient (Wildman–Crippen LogP) is 0.859. The van der Waals surface area contributed by atoms with Gasteiger partial charge in [0, 0.05) is 19.2 Å². The highest BCUT2D eigenvalue weighted by Crippen LogP contribution is 2.23. The van der Waals surface area contributed by atoms with Crippen LogP contribution in [0.3, 0.4) is 0 Å². The van der Waals surface area contributed by atoms with Crippen molar-refractivity contribution in [3.8, 4) is 0 Å². The Labute approximate surface area is 102 Å². The lowest BCUT2D eigenvalue weighted by Gasteiger charge is -2.14. The molecule has 1 aliphatic heterocycles. The van der Waals surface area contributed by atoms with Gasteiger partial charge in [-0.15, -0.1) is 0 Å². The number of hydrogen-bond acceptors (Lipinski definition) is 4. The van der Waals surface area contributed by atoms with E-state index in [0.717, 1.165) is 10.2 Å². The Morgan fingerprint density at radius 1 is 1.69 bits per heavy atom. The third-order valence-electron chi connectivity index (χ3n) is 2.69. The summed E-state index contributed by atoms with van der Waals surface area (Å²) in [6, 6.07) is 0. The molecule has 16 heavy (non-hydrogen) atoms. The quantitative estimate of drug-likeness (QED) is 0.874. The maximum atomic E-state index is 11.7. The molecule has 2 heterocycles. The van der Waals surface area contributed by atoms with E-state index < -0.39 is 0 Å². The SMILES string of the molecule is Cc1nc(N2CC(CN)CC2=O)ncc1Br. The minimum Gasteiger partial charge on any atom is -0.330 e. The Hall–Kier alpha value is -1.01. The van der Waals surface area contributed by atoms with Crippen LogP contribution in [0.2, 0.25) is 0 Å². The molecule has 6 heteroatoms. The zero-order valence-corrected chi connectivity index (χ0v) is 10.6. The van der Waals surface area contributed by atoms with Crippen molar-refractivity contribution in [2.45, 2.75) is 13.3 Å². The predicted molar refractivity (Wildman–Crippen MR) is 64.0 cm³/mol. The summed E-state index contributed by atoms with van der Waals surface area (Å²) in [5.41, 5.74) is 6.39. The summed E-state index contributed by atoms with van der Waals surface area (Å²) < 4.78 is 0.846. The topological polar surface area (TPSA) is 72.1 Å². The van der Waals surface area contributed by atoms with Gasteiger partial charge >= 0.3 is 0 Å². The zero-order chi connectivity index (χ0) is 11.7. The van der Waals surface area contributed by atoms with E-state index in [1.807, 2.05) is 6.92 Å². The van der Waals surface area contributed by atoms with Crippen LogP contribution in [0.4, 0.5) is 5.95 Å². The number of rotatable bonds is 2. The van der Waals surface area contributed by atoms with Gasteiger partial charge < -0.3 is 5.73 Å². The molecule has 1 unspecified atom stereocenters. The molecule has 2 N–H and O–H groups in total. The molecule has 0 aliphatic carbocycles. The van der Waals surface area contributed by atoms with Crippen molar-refractivity contribution < 1.29 is 4.79 Å². The molecule has 1 atom stereocenters. The summed E-state index contributed by atoms with van der Waals surface area (Å²) in [5.74, 6) is 0.749. The molecule has 0 radical (unpaired) electrons. The number of nitrogens with zero attached hydrogens (tertiary/aromatic N) is 3. The molecule has 0 saturated carbocycles. The monoisotopic (exact) mass is 284 g/mol. The van der Waals surface area contributed by atoms with E-state index in [9.17, 15) is 4.79 Å². The second-order valence-corrected chi connectivity index (χ2v) is 4.77. The van der Waals surface area contributed by atoms with Crippen molar-refractivity contribution in [1.82, 2.24) is 9.97 Å². The highest BCUT2D eigenvalue weighted by atomic mass is 79.9. The van der Waals surface area contributed by atoms with E-state index in [2.05, 4.69) is 25.9 Å². The van der Waals surface area contributed by atoms with Gasteiger partial charge in [0.25, 0.3) is 0 Å². The number of carbonyl (C=O) groups is 1. The van der Waals surface area contributed by atoms with Crippen molar-refractivity contribution in [1.29, 1.82) is 0 Å². The molecule has 1 aromatic rings. The van der Waals surface area contributed by atoms with Crippen LogP contribution in [0.5, 0.6) is 0 Å². The molecule has 1 saturated heterocycles. The van der Waals surface area contributed by atoms with Gasteiger partial charge in [0.15, 0.2) is 0 Å². The molecule has 1 amide bonds. The van der Waals surface area contributed by atoms with Gasteiger partial charge in [-0.05, 0) is 35.3 Å². The number of anilines is 1. The van der Waals surface area contributed by atoms with E-state index in [1.54, 1.807) is 11.1 Å². The van der Waals surface area contributed by atoms with Crippen molar-refractivity contribution in [2.24, 2.45) is 11.7 Å². The molecule has 1 aliphatic rings. The Morgan fingerprint density at radius 3 is 3.00 bits per heavy atom. The van der Waals surface area contributed by atoms with Gasteiger partial charge in [-0.1, -0.05) is 0 Å². The van der Waals surface area contributed by atoms with Gasteiger partial charge in [-0.2, -0.15) is 0 Å². The zero-order valence-electron chi connectivity index (χ0n) is 8.98. The number of nitrogens with two attached hydrogens (primary N) is 1. The van der Waals surface area contributed by atoms with Crippen molar-refractivity contribution in [2.75, 3.05) is 18.0 Å². The molecule has 0 aromatic carbocycles. The molecule has 1 aromatic heterocycles. The number of carbonyl (C=O) groups excluding carboxylic acids is 1. The van der Waals surface area contributed by atoms with Crippen LogP contribution in [0.1, 0.15) is 12.1 Å². The Bertz CT molecular complexity index is 423. The Kier molecular flexibility index (Phi) is 3.20. The van der Waals surface area contributed by atoms with Crippen LogP contribution >= 0.6 is 15.9 Å². The van der Waals surface area contributed by atoms with Crippen LogP contribution in [0, 0.1) is 12.8 Å². The average Bonchev–Trinajstić information content (AvgIpc) is 2.64. The number of aryl methyl sites for hydroxylation is 1. The molecule has 5 nitrogen and oxygen atoms in total. The smallest absolute Gasteiger partial charge is 0.232 e. The van der Waals surface area contributed by atoms with Crippen LogP contribution in [0.25, 0.3) is 0 Å². The molecular weight excluding hydrogens is 272 g/mol. The first-order valence-electron chi connectivity index (χ1n) is 5.11. The number of halogens is 1. The van der Waals surface area contributed by atoms with E-state index in [1.165, 1.54) is 0 Å². The lowest BCUT2D eigenvalue weighted by Crippen LogP contribution is -2.27. The lowest BCUT2D eigenvalue weighted by molar-refractivity contribution is -0.117. The van der Waals surface area contributed by atoms with E-state index in [4.69, 9.17) is 5.73 Å². The minimum absolute atomic E-state index is 0.0529. The van der Waals surface area contributed by atoms with Gasteiger partial charge in [0.1, 0.15) is 0 Å². The summed E-state index contributed by atoms with van der Waals surface area (Å²) >= 11 is 3.33. The summed E-state index contributed by atoms with van der Waals surface area (Å²) in [6.07, 6.45) is 2.16. The van der Waals surface area contributed by atoms with E-state index >= 15 is 0 Å². The average molecular weight is 285 g/mol. The molecule has 1 fully saturated rings. The van der Waals surface area contributed by atoms with Crippen LogP contribution in [-0.2, 0) is 4.79 Å². The molecule has 0 spiro atoms. The third kappa shape index (κ3) is 2.08. The fraction of sp³-hybridized carbons (Fsp3) is 0.500. The van der Waals surface area contributed by atoms with Crippen molar-refractivity contribution >= 4 is 27.8 Å². The second-order valence-electron chi connectivity index (χ2n) is 3.91. The number of hydrogen-bond donors (Lipinski definition) is 1. The van der Waals surface area contributed by atoms with Gasteiger partial charge in [-0.3, -0.25) is 9.69 Å². The van der Waals surface area contributed by atoms with Gasteiger partial charge in [0.05, 0.1) is 10.2 Å². The van der Waals surface area contributed by atoms with Crippen molar-refractivity contribution in [3.05, 3.63) is 16.4 Å². The summed E-state index contributed by atoms with van der Waals surface area (Å²) in [6.45, 7) is 3.02. The largest absolute Gasteiger partial charge is 0.330 e. The first-order chi connectivity index (χ1) is 7.61. The van der Waals surface area contributed by atoms with Crippen LogP contribution in [0.15, 0.2) is 10.7 Å². The van der Waals surface area contributed by atoms with E-state index in [-0.39, 0.29) is 11.8 Å². The fourth-order valence-electron chi connectivity index (χ4n) is 1.70. The highest BCUT2D eigenvalue weighted by molar-refractivity contribution is 9.10. The lowest BCUT2D eigenvalue weighted by atomic mass is 10.1. The van der Waals surface area contributed by atoms with E-state index in [0.29, 0.717) is 25.5 Å². The maximum absolute atomic E-state index is 11.7. The van der Waals surface area contributed by atoms with Gasteiger partial charge in [0.2, 0.25) is 11.9 Å². The second kappa shape index (κ2) is 4.47. The Balaban J connectivity index is 2.24. The highest BCUT2D eigenvalue weighted by Gasteiger charge is 2.31. The molecular formula is C10H13BrN4O. The minimum atomic E-state index is 0.0529. The fourth-order valence-corrected chi connectivity index (χ4v) is 1.89. The molecule has 86 valence electrons. The first kappa shape index (κ1) is 11.5. The standard InChI is InChI=1S/C10H13BrN4O/c1-6-8(11)4-13-10(14-6)15-5-7(3-12)2-9(15)16/h4,7H,2-3,5,12H2,1H3. The summed E-state index contributed by atoms with van der Waals surface area (Å²) in [7, 11) is 0.